The Kier molecular flexibility index (Phi) is 6.99. The van der Waals surface area contributed by atoms with Gasteiger partial charge in [0.05, 0.1) is 19.1 Å². The molecule has 1 heterocycles. The number of benzene rings is 1. The van der Waals surface area contributed by atoms with Crippen LogP contribution in [0.2, 0.25) is 0 Å². The number of ether oxygens (including phenoxy) is 2. The van der Waals surface area contributed by atoms with Crippen molar-refractivity contribution in [2.75, 3.05) is 11.5 Å². The van der Waals surface area contributed by atoms with Crippen molar-refractivity contribution in [1.29, 1.82) is 0 Å². The number of aromatic nitrogens is 1. The van der Waals surface area contributed by atoms with Crippen LogP contribution in [0.5, 0.6) is 0 Å². The van der Waals surface area contributed by atoms with Gasteiger partial charge in [-0.2, -0.15) is 0 Å². The molecule has 0 aliphatic heterocycles. The maximum atomic E-state index is 14.3. The summed E-state index contributed by atoms with van der Waals surface area (Å²) in [7, 11) is 0. The highest BCUT2D eigenvalue weighted by molar-refractivity contribution is 9.10. The molecule has 2 aromatic rings. The van der Waals surface area contributed by atoms with Crippen LogP contribution in [0.25, 0.3) is 0 Å². The van der Waals surface area contributed by atoms with Gasteiger partial charge in [-0.25, -0.2) is 14.2 Å². The van der Waals surface area contributed by atoms with E-state index < -0.39 is 17.5 Å². The first-order chi connectivity index (χ1) is 14.6. The Morgan fingerprint density at radius 1 is 1.26 bits per heavy atom. The third-order valence-electron chi connectivity index (χ3n) is 4.81. The lowest BCUT2D eigenvalue weighted by atomic mass is 10.1. The number of halogens is 2. The summed E-state index contributed by atoms with van der Waals surface area (Å²) in [5, 5.41) is 0. The molecule has 1 amide bonds. The molecule has 0 N–H and O–H groups in total. The molecule has 1 fully saturated rings. The van der Waals surface area contributed by atoms with Crippen LogP contribution in [0.1, 0.15) is 51.2 Å². The fourth-order valence-corrected chi connectivity index (χ4v) is 3.65. The topological polar surface area (TPSA) is 68.7 Å². The van der Waals surface area contributed by atoms with Crippen molar-refractivity contribution in [2.45, 2.75) is 52.2 Å². The molecule has 31 heavy (non-hydrogen) atoms. The minimum atomic E-state index is -0.716. The fraction of sp³-hybridized carbons (Fsp3) is 0.435. The molecule has 1 aliphatic rings. The normalized spacial score (nSPS) is 17.7. The highest BCUT2D eigenvalue weighted by atomic mass is 79.9. The van der Waals surface area contributed by atoms with Gasteiger partial charge in [0, 0.05) is 16.2 Å². The van der Waals surface area contributed by atoms with Gasteiger partial charge >= 0.3 is 12.1 Å². The number of anilines is 1. The summed E-state index contributed by atoms with van der Waals surface area (Å²) in [6.45, 7) is 7.40. The van der Waals surface area contributed by atoms with Crippen molar-refractivity contribution in [1.82, 2.24) is 4.98 Å². The molecule has 0 unspecified atom stereocenters. The van der Waals surface area contributed by atoms with Crippen LogP contribution in [-0.2, 0) is 20.8 Å². The summed E-state index contributed by atoms with van der Waals surface area (Å²) in [5.41, 5.74) is 0.515. The minimum Gasteiger partial charge on any atom is -0.466 e. The molecule has 1 aromatic heterocycles. The lowest BCUT2D eigenvalue weighted by molar-refractivity contribution is -0.144. The summed E-state index contributed by atoms with van der Waals surface area (Å²) in [4.78, 5) is 30.5. The van der Waals surface area contributed by atoms with Crippen LogP contribution in [0.3, 0.4) is 0 Å². The van der Waals surface area contributed by atoms with Crippen LogP contribution in [-0.4, -0.2) is 29.3 Å². The molecule has 8 heteroatoms. The van der Waals surface area contributed by atoms with Gasteiger partial charge in [0.2, 0.25) is 0 Å². The highest BCUT2D eigenvalue weighted by Gasteiger charge is 2.45. The van der Waals surface area contributed by atoms with Gasteiger partial charge in [-0.3, -0.25) is 9.69 Å². The van der Waals surface area contributed by atoms with Crippen molar-refractivity contribution in [3.05, 3.63) is 57.9 Å². The summed E-state index contributed by atoms with van der Waals surface area (Å²) < 4.78 is 25.6. The lowest BCUT2D eigenvalue weighted by Gasteiger charge is -2.27. The largest absolute Gasteiger partial charge is 0.466 e. The molecule has 2 atom stereocenters. The molecule has 1 saturated carbocycles. The zero-order valence-electron chi connectivity index (χ0n) is 18.0. The van der Waals surface area contributed by atoms with E-state index in [0.29, 0.717) is 22.5 Å². The molecule has 6 nitrogen and oxygen atoms in total. The van der Waals surface area contributed by atoms with Crippen LogP contribution >= 0.6 is 15.9 Å². The van der Waals surface area contributed by atoms with Gasteiger partial charge in [0.25, 0.3) is 0 Å². The van der Waals surface area contributed by atoms with Crippen LogP contribution in [0.4, 0.5) is 15.0 Å². The SMILES string of the molecule is CCOC(=O)[C@H]1C[C@@H]1c1ccc(N(Cc2cc(Br)ccc2F)C(=O)OC(C)(C)C)nc1. The Morgan fingerprint density at radius 3 is 2.61 bits per heavy atom. The Hall–Kier alpha value is -2.48. The van der Waals surface area contributed by atoms with E-state index in [2.05, 4.69) is 20.9 Å². The van der Waals surface area contributed by atoms with E-state index in [1.807, 2.05) is 6.07 Å². The molecule has 1 aromatic carbocycles. The predicted octanol–water partition coefficient (Wildman–Crippen LogP) is 5.59. The van der Waals surface area contributed by atoms with Crippen LogP contribution in [0.15, 0.2) is 41.0 Å². The van der Waals surface area contributed by atoms with Gasteiger partial charge in [0.1, 0.15) is 17.2 Å². The Bertz CT molecular complexity index is 959. The van der Waals surface area contributed by atoms with E-state index in [1.54, 1.807) is 52.1 Å². The smallest absolute Gasteiger partial charge is 0.416 e. The minimum absolute atomic E-state index is 0.0403. The van der Waals surface area contributed by atoms with Crippen molar-refractivity contribution < 1.29 is 23.5 Å². The number of hydrogen-bond donors (Lipinski definition) is 0. The van der Waals surface area contributed by atoms with E-state index in [-0.39, 0.29) is 24.3 Å². The third kappa shape index (κ3) is 6.03. The maximum absolute atomic E-state index is 14.3. The third-order valence-corrected chi connectivity index (χ3v) is 5.30. The van der Waals surface area contributed by atoms with Crippen LogP contribution < -0.4 is 4.90 Å². The monoisotopic (exact) mass is 492 g/mol. The number of carbonyl (C=O) groups is 2. The van der Waals surface area contributed by atoms with E-state index in [1.165, 1.54) is 11.0 Å². The van der Waals surface area contributed by atoms with Crippen molar-refractivity contribution in [3.63, 3.8) is 0 Å². The summed E-state index contributed by atoms with van der Waals surface area (Å²) >= 11 is 3.33. The average Bonchev–Trinajstić information content (AvgIpc) is 3.48. The van der Waals surface area contributed by atoms with Gasteiger partial charge in [-0.05, 0) is 69.9 Å². The molecule has 166 valence electrons. The second-order valence-electron chi connectivity index (χ2n) is 8.45. The van der Waals surface area contributed by atoms with Crippen molar-refractivity contribution >= 4 is 33.8 Å². The number of pyridine rings is 1. The number of carbonyl (C=O) groups excluding carboxylic acids is 2. The zero-order chi connectivity index (χ0) is 22.8. The molecule has 0 saturated heterocycles. The van der Waals surface area contributed by atoms with Gasteiger partial charge in [-0.15, -0.1) is 0 Å². The maximum Gasteiger partial charge on any atom is 0.416 e. The zero-order valence-corrected chi connectivity index (χ0v) is 19.6. The Balaban J connectivity index is 1.83. The van der Waals surface area contributed by atoms with Crippen molar-refractivity contribution in [3.8, 4) is 0 Å². The quantitative estimate of drug-likeness (QED) is 0.491. The molecular formula is C23H26BrFN2O4. The summed E-state index contributed by atoms with van der Waals surface area (Å²) in [6, 6.07) is 8.08. The highest BCUT2D eigenvalue weighted by Crippen LogP contribution is 2.48. The number of nitrogens with zero attached hydrogens (tertiary/aromatic N) is 2. The Morgan fingerprint density at radius 2 is 2.00 bits per heavy atom. The standard InChI is InChI=1S/C23H26BrFN2O4/c1-5-30-21(28)18-11-17(18)14-6-9-20(26-12-14)27(22(29)31-23(2,3)4)13-15-10-16(24)7-8-19(15)25/h6-10,12,17-18H,5,11,13H2,1-4H3/t17-,18+/m1/s1. The molecule has 0 bridgehead atoms. The second kappa shape index (κ2) is 9.34. The van der Waals surface area contributed by atoms with Gasteiger partial charge < -0.3 is 9.47 Å². The molecule has 1 aliphatic carbocycles. The number of esters is 1. The first-order valence-corrected chi connectivity index (χ1v) is 11.0. The average molecular weight is 493 g/mol. The number of rotatable bonds is 6. The fourth-order valence-electron chi connectivity index (χ4n) is 3.24. The first-order valence-electron chi connectivity index (χ1n) is 10.2. The summed E-state index contributed by atoms with van der Waals surface area (Å²) in [6.07, 6.45) is 1.75. The lowest BCUT2D eigenvalue weighted by Crippen LogP contribution is -2.37. The van der Waals surface area contributed by atoms with E-state index in [9.17, 15) is 14.0 Å². The Labute approximate surface area is 189 Å². The van der Waals surface area contributed by atoms with E-state index in [4.69, 9.17) is 9.47 Å². The van der Waals surface area contributed by atoms with Crippen molar-refractivity contribution in [2.24, 2.45) is 5.92 Å². The molecular weight excluding hydrogens is 467 g/mol. The summed E-state index contributed by atoms with van der Waals surface area (Å²) in [5.74, 6) is -0.366. The number of amides is 1. The number of hydrogen-bond acceptors (Lipinski definition) is 5. The van der Waals surface area contributed by atoms with Gasteiger partial charge in [0.15, 0.2) is 0 Å². The molecule has 3 rings (SSSR count). The van der Waals surface area contributed by atoms with Crippen LogP contribution in [0, 0.1) is 11.7 Å². The van der Waals surface area contributed by atoms with E-state index in [0.717, 1.165) is 12.0 Å². The molecule has 0 spiro atoms. The first kappa shape index (κ1) is 23.2. The van der Waals surface area contributed by atoms with Gasteiger partial charge in [-0.1, -0.05) is 22.0 Å². The molecule has 0 radical (unpaired) electrons. The second-order valence-corrected chi connectivity index (χ2v) is 9.37. The predicted molar refractivity (Wildman–Crippen MR) is 118 cm³/mol. The van der Waals surface area contributed by atoms with E-state index >= 15 is 0 Å².